The van der Waals surface area contributed by atoms with Gasteiger partial charge in [0.1, 0.15) is 5.82 Å². The molecule has 3 heterocycles. The van der Waals surface area contributed by atoms with Crippen molar-refractivity contribution in [3.8, 4) is 5.95 Å². The van der Waals surface area contributed by atoms with E-state index < -0.39 is 0 Å². The van der Waals surface area contributed by atoms with Crippen molar-refractivity contribution < 1.29 is 4.79 Å². The first-order valence-electron chi connectivity index (χ1n) is 9.04. The number of anilines is 1. The topological polar surface area (TPSA) is 105 Å². The van der Waals surface area contributed by atoms with Gasteiger partial charge in [-0.1, -0.05) is 33.8 Å². The number of aromatic nitrogens is 4. The Labute approximate surface area is 167 Å². The summed E-state index contributed by atoms with van der Waals surface area (Å²) in [5.41, 5.74) is 0.922. The lowest BCUT2D eigenvalue weighted by Gasteiger charge is -2.13. The molecule has 8 nitrogen and oxygen atoms in total. The predicted molar refractivity (Wildman–Crippen MR) is 110 cm³/mol. The van der Waals surface area contributed by atoms with Crippen molar-refractivity contribution in [2.75, 3.05) is 5.32 Å². The highest BCUT2D eigenvalue weighted by Crippen LogP contribution is 2.25. The Morgan fingerprint density at radius 3 is 2.75 bits per heavy atom. The van der Waals surface area contributed by atoms with Gasteiger partial charge in [-0.05, 0) is 17.9 Å². The van der Waals surface area contributed by atoms with E-state index in [1.807, 2.05) is 45.2 Å². The van der Waals surface area contributed by atoms with E-state index in [0.29, 0.717) is 24.5 Å². The quantitative estimate of drug-likeness (QED) is 0.612. The fourth-order valence-electron chi connectivity index (χ4n) is 2.51. The average molecular weight is 401 g/mol. The maximum atomic E-state index is 12.4. The van der Waals surface area contributed by atoms with Gasteiger partial charge in [0.15, 0.2) is 0 Å². The van der Waals surface area contributed by atoms with Crippen LogP contribution in [0.4, 0.5) is 10.6 Å². The van der Waals surface area contributed by atoms with E-state index in [1.54, 1.807) is 17.4 Å². The number of hydrogen-bond acceptors (Lipinski definition) is 5. The first-order valence-corrected chi connectivity index (χ1v) is 9.92. The Hall–Kier alpha value is -2.94. The molecule has 0 fully saturated rings. The molecule has 0 unspecified atom stereocenters. The number of aryl methyl sites for hydroxylation is 1. The van der Waals surface area contributed by atoms with Gasteiger partial charge in [0, 0.05) is 28.1 Å². The van der Waals surface area contributed by atoms with Crippen molar-refractivity contribution in [2.24, 2.45) is 0 Å². The number of carbonyl (C=O) groups excluding carboxylic acids is 1. The molecule has 0 aliphatic carbocycles. The van der Waals surface area contributed by atoms with Crippen LogP contribution in [0.1, 0.15) is 44.0 Å². The van der Waals surface area contributed by atoms with Crippen LogP contribution in [0.25, 0.3) is 5.95 Å². The van der Waals surface area contributed by atoms with Crippen LogP contribution in [0.5, 0.6) is 0 Å². The maximum absolute atomic E-state index is 12.4. The number of hydrogen-bond donors (Lipinski definition) is 3. The molecule has 2 amide bonds. The van der Waals surface area contributed by atoms with Crippen LogP contribution in [-0.2, 0) is 18.4 Å². The molecular weight excluding hydrogens is 376 g/mol. The Kier molecular flexibility index (Phi) is 5.64. The number of H-pyrrole nitrogens is 1. The number of amides is 2. The summed E-state index contributed by atoms with van der Waals surface area (Å²) in [4.78, 5) is 32.6. The molecule has 0 atom stereocenters. The minimum atomic E-state index is -0.357. The number of aromatic amines is 1. The minimum Gasteiger partial charge on any atom is -0.333 e. The smallest absolute Gasteiger partial charge is 0.320 e. The number of thiophene rings is 1. The third-order valence-electron chi connectivity index (χ3n) is 4.07. The molecule has 0 aliphatic rings. The van der Waals surface area contributed by atoms with Crippen LogP contribution in [-0.4, -0.2) is 25.8 Å². The number of urea groups is 1. The van der Waals surface area contributed by atoms with Gasteiger partial charge in [0.25, 0.3) is 5.56 Å². The summed E-state index contributed by atoms with van der Waals surface area (Å²) in [7, 11) is 0. The van der Waals surface area contributed by atoms with Crippen molar-refractivity contribution in [3.63, 3.8) is 0 Å². The van der Waals surface area contributed by atoms with E-state index in [2.05, 4.69) is 25.7 Å². The Morgan fingerprint density at radius 1 is 1.32 bits per heavy atom. The maximum Gasteiger partial charge on any atom is 0.320 e. The second-order valence-corrected chi connectivity index (χ2v) is 8.41. The van der Waals surface area contributed by atoms with Gasteiger partial charge in [-0.25, -0.2) is 9.78 Å². The number of nitrogens with one attached hydrogen (secondary N) is 3. The molecule has 28 heavy (non-hydrogen) atoms. The van der Waals surface area contributed by atoms with Crippen LogP contribution in [0.15, 0.2) is 34.4 Å². The highest BCUT2D eigenvalue weighted by molar-refractivity contribution is 7.09. The van der Waals surface area contributed by atoms with Crippen molar-refractivity contribution in [1.82, 2.24) is 25.1 Å². The van der Waals surface area contributed by atoms with E-state index in [9.17, 15) is 9.59 Å². The van der Waals surface area contributed by atoms with Gasteiger partial charge in [-0.15, -0.1) is 11.3 Å². The second-order valence-electron chi connectivity index (χ2n) is 7.38. The van der Waals surface area contributed by atoms with Crippen LogP contribution in [0.2, 0.25) is 0 Å². The van der Waals surface area contributed by atoms with Gasteiger partial charge < -0.3 is 5.32 Å². The van der Waals surface area contributed by atoms with Gasteiger partial charge >= 0.3 is 6.03 Å². The molecule has 0 radical (unpaired) electrons. The third-order valence-corrected chi connectivity index (χ3v) is 4.94. The molecule has 3 N–H and O–H groups in total. The molecule has 0 saturated carbocycles. The van der Waals surface area contributed by atoms with Crippen molar-refractivity contribution in [3.05, 3.63) is 56.3 Å². The Balaban J connectivity index is 1.91. The second kappa shape index (κ2) is 7.97. The van der Waals surface area contributed by atoms with E-state index in [0.717, 1.165) is 10.6 Å². The summed E-state index contributed by atoms with van der Waals surface area (Å²) < 4.78 is 1.46. The standard InChI is InChI=1S/C19H24N6O2S/c1-5-12-9-16(26)23-17(21-12)25-15(10-14(24-25)19(2,3)4)22-18(27)20-11-13-7-6-8-28-13/h6-10H,5,11H2,1-4H3,(H2,20,22,27)(H,21,23,26). The van der Waals surface area contributed by atoms with Gasteiger partial charge in [-0.3, -0.25) is 15.1 Å². The molecule has 0 aromatic carbocycles. The Morgan fingerprint density at radius 2 is 2.11 bits per heavy atom. The van der Waals surface area contributed by atoms with E-state index in [1.165, 1.54) is 10.7 Å². The van der Waals surface area contributed by atoms with E-state index >= 15 is 0 Å². The van der Waals surface area contributed by atoms with Crippen molar-refractivity contribution in [1.29, 1.82) is 0 Å². The number of rotatable bonds is 5. The minimum absolute atomic E-state index is 0.238. The van der Waals surface area contributed by atoms with Gasteiger partial charge in [-0.2, -0.15) is 9.78 Å². The highest BCUT2D eigenvalue weighted by atomic mass is 32.1. The summed E-state index contributed by atoms with van der Waals surface area (Å²) >= 11 is 1.57. The molecule has 9 heteroatoms. The zero-order valence-corrected chi connectivity index (χ0v) is 17.2. The summed E-state index contributed by atoms with van der Waals surface area (Å²) in [6, 6.07) is 6.79. The van der Waals surface area contributed by atoms with E-state index in [-0.39, 0.29) is 23.0 Å². The number of carbonyl (C=O) groups is 1. The van der Waals surface area contributed by atoms with Crippen molar-refractivity contribution >= 4 is 23.2 Å². The zero-order chi connectivity index (χ0) is 20.3. The first kappa shape index (κ1) is 19.8. The molecule has 3 aromatic rings. The fourth-order valence-corrected chi connectivity index (χ4v) is 3.16. The lowest BCUT2D eigenvalue weighted by molar-refractivity contribution is 0.251. The zero-order valence-electron chi connectivity index (χ0n) is 16.4. The molecule has 0 saturated heterocycles. The summed E-state index contributed by atoms with van der Waals surface area (Å²) in [6.45, 7) is 8.44. The molecule has 148 valence electrons. The molecule has 0 aliphatic heterocycles. The van der Waals surface area contributed by atoms with Gasteiger partial charge in [0.2, 0.25) is 5.95 Å². The molecule has 0 spiro atoms. The van der Waals surface area contributed by atoms with Crippen LogP contribution >= 0.6 is 11.3 Å². The molecule has 3 aromatic heterocycles. The van der Waals surface area contributed by atoms with E-state index in [4.69, 9.17) is 0 Å². The summed E-state index contributed by atoms with van der Waals surface area (Å²) in [5, 5.41) is 12.2. The average Bonchev–Trinajstić information content (AvgIpc) is 3.28. The van der Waals surface area contributed by atoms with Crippen LogP contribution < -0.4 is 16.2 Å². The number of nitrogens with zero attached hydrogens (tertiary/aromatic N) is 3. The third kappa shape index (κ3) is 4.66. The lowest BCUT2D eigenvalue weighted by atomic mass is 9.92. The largest absolute Gasteiger partial charge is 0.333 e. The molecule has 3 rings (SSSR count). The van der Waals surface area contributed by atoms with Crippen molar-refractivity contribution in [2.45, 2.75) is 46.1 Å². The Bertz CT molecular complexity index is 1010. The highest BCUT2D eigenvalue weighted by Gasteiger charge is 2.22. The predicted octanol–water partition coefficient (Wildman–Crippen LogP) is 3.20. The van der Waals surface area contributed by atoms with Crippen LogP contribution in [0.3, 0.4) is 0 Å². The first-order chi connectivity index (χ1) is 13.3. The lowest BCUT2D eigenvalue weighted by Crippen LogP contribution is -2.29. The molecular formula is C19H24N6O2S. The van der Waals surface area contributed by atoms with Gasteiger partial charge in [0.05, 0.1) is 12.2 Å². The molecule has 0 bridgehead atoms. The normalized spacial score (nSPS) is 11.4. The summed E-state index contributed by atoms with van der Waals surface area (Å²) in [6.07, 6.45) is 0.619. The van der Waals surface area contributed by atoms with Crippen LogP contribution in [0, 0.1) is 0 Å². The SMILES string of the molecule is CCc1cc(=O)[nH]c(-n2nc(C(C)(C)C)cc2NC(=O)NCc2cccs2)n1. The monoisotopic (exact) mass is 400 g/mol. The fraction of sp³-hybridized carbons (Fsp3) is 0.368. The summed E-state index contributed by atoms with van der Waals surface area (Å²) in [5.74, 6) is 0.707.